The van der Waals surface area contributed by atoms with Gasteiger partial charge in [0, 0.05) is 17.9 Å². The van der Waals surface area contributed by atoms with Gasteiger partial charge < -0.3 is 14.8 Å². The first-order valence-corrected chi connectivity index (χ1v) is 8.18. The third-order valence-corrected chi connectivity index (χ3v) is 3.33. The molecule has 0 unspecified atom stereocenters. The van der Waals surface area contributed by atoms with Gasteiger partial charge in [0.05, 0.1) is 6.61 Å². The second kappa shape index (κ2) is 9.71. The smallest absolute Gasteiger partial charge is 0.257 e. The van der Waals surface area contributed by atoms with E-state index in [1.165, 1.54) is 24.3 Å². The van der Waals surface area contributed by atoms with Crippen molar-refractivity contribution in [3.05, 3.63) is 59.9 Å². The average molecular weight is 362 g/mol. The number of carbonyl (C=O) groups is 1. The fourth-order valence-electron chi connectivity index (χ4n) is 1.96. The molecule has 2 aromatic rings. The van der Waals surface area contributed by atoms with Crippen LogP contribution in [0.4, 0.5) is 10.1 Å². The Morgan fingerprint density at radius 2 is 1.92 bits per heavy atom. The van der Waals surface area contributed by atoms with E-state index in [2.05, 4.69) is 10.6 Å². The Balaban J connectivity index is 1.89. The lowest BCUT2D eigenvalue weighted by Crippen LogP contribution is -2.34. The summed E-state index contributed by atoms with van der Waals surface area (Å²) in [5.41, 5.74) is 0.997. The molecular formula is C18H19FN2O3S. The Morgan fingerprint density at radius 1 is 1.16 bits per heavy atom. The molecule has 2 aromatic carbocycles. The first-order valence-electron chi connectivity index (χ1n) is 7.77. The first-order chi connectivity index (χ1) is 12.1. The highest BCUT2D eigenvalue weighted by atomic mass is 32.1. The number of anilines is 1. The van der Waals surface area contributed by atoms with Crippen LogP contribution in [-0.2, 0) is 4.74 Å². The van der Waals surface area contributed by atoms with Gasteiger partial charge in [-0.15, -0.1) is 0 Å². The lowest BCUT2D eigenvalue weighted by Gasteiger charge is -2.11. The van der Waals surface area contributed by atoms with Crippen LogP contribution in [-0.4, -0.2) is 30.8 Å². The normalized spacial score (nSPS) is 10.2. The summed E-state index contributed by atoms with van der Waals surface area (Å²) >= 11 is 5.09. The van der Waals surface area contributed by atoms with E-state index in [1.807, 2.05) is 6.92 Å². The Kier molecular flexibility index (Phi) is 7.31. The van der Waals surface area contributed by atoms with Gasteiger partial charge in [-0.3, -0.25) is 10.1 Å². The summed E-state index contributed by atoms with van der Waals surface area (Å²) < 4.78 is 23.6. The molecule has 0 saturated carbocycles. The molecule has 5 nitrogen and oxygen atoms in total. The summed E-state index contributed by atoms with van der Waals surface area (Å²) in [6.07, 6.45) is 0. The highest BCUT2D eigenvalue weighted by Gasteiger charge is 2.09. The molecule has 0 saturated heterocycles. The van der Waals surface area contributed by atoms with Gasteiger partial charge in [-0.2, -0.15) is 0 Å². The van der Waals surface area contributed by atoms with E-state index >= 15 is 0 Å². The largest absolute Gasteiger partial charge is 0.491 e. The molecule has 7 heteroatoms. The van der Waals surface area contributed by atoms with Crippen LogP contribution in [0.15, 0.2) is 48.5 Å². The number of hydrogen-bond donors (Lipinski definition) is 2. The zero-order chi connectivity index (χ0) is 18.1. The number of rotatable bonds is 7. The van der Waals surface area contributed by atoms with Crippen molar-refractivity contribution in [1.29, 1.82) is 0 Å². The summed E-state index contributed by atoms with van der Waals surface area (Å²) in [6, 6.07) is 12.4. The van der Waals surface area contributed by atoms with Crippen LogP contribution >= 0.6 is 12.2 Å². The number of carbonyl (C=O) groups excluding carboxylic acids is 1. The summed E-state index contributed by atoms with van der Waals surface area (Å²) in [5, 5.41) is 5.51. The number of nitrogens with one attached hydrogen (secondary N) is 2. The standard InChI is InChI=1S/C18H19FN2O3S/c1-2-23-10-11-24-16-5-3-4-13(12-16)17(22)21-18(25)20-15-8-6-14(19)7-9-15/h3-9,12H,2,10-11H2,1H3,(H2,20,21,22,25). The Hall–Kier alpha value is -2.51. The van der Waals surface area contributed by atoms with Crippen LogP contribution < -0.4 is 15.4 Å². The number of halogens is 1. The molecular weight excluding hydrogens is 343 g/mol. The second-order valence-corrected chi connectivity index (χ2v) is 5.40. The van der Waals surface area contributed by atoms with E-state index in [1.54, 1.807) is 24.3 Å². The number of amides is 1. The second-order valence-electron chi connectivity index (χ2n) is 4.99. The van der Waals surface area contributed by atoms with Crippen molar-refractivity contribution in [2.75, 3.05) is 25.1 Å². The van der Waals surface area contributed by atoms with Crippen molar-refractivity contribution >= 4 is 28.9 Å². The van der Waals surface area contributed by atoms with Crippen molar-refractivity contribution in [3.63, 3.8) is 0 Å². The fourth-order valence-corrected chi connectivity index (χ4v) is 2.17. The molecule has 0 radical (unpaired) electrons. The lowest BCUT2D eigenvalue weighted by atomic mass is 10.2. The maximum Gasteiger partial charge on any atom is 0.257 e. The zero-order valence-corrected chi connectivity index (χ0v) is 14.6. The van der Waals surface area contributed by atoms with Crippen molar-refractivity contribution < 1.29 is 18.7 Å². The van der Waals surface area contributed by atoms with Crippen molar-refractivity contribution in [3.8, 4) is 5.75 Å². The summed E-state index contributed by atoms with van der Waals surface area (Å²) in [4.78, 5) is 12.2. The first kappa shape index (κ1) is 18.8. The highest BCUT2D eigenvalue weighted by Crippen LogP contribution is 2.13. The Bertz CT molecular complexity index is 723. The quantitative estimate of drug-likeness (QED) is 0.584. The van der Waals surface area contributed by atoms with Gasteiger partial charge in [-0.25, -0.2) is 4.39 Å². The predicted molar refractivity (Wildman–Crippen MR) is 98.5 cm³/mol. The molecule has 0 bridgehead atoms. The maximum atomic E-state index is 12.9. The minimum atomic E-state index is -0.366. The molecule has 2 N–H and O–H groups in total. The third-order valence-electron chi connectivity index (χ3n) is 3.13. The van der Waals surface area contributed by atoms with E-state index < -0.39 is 0 Å². The van der Waals surface area contributed by atoms with Crippen LogP contribution in [0.1, 0.15) is 17.3 Å². The highest BCUT2D eigenvalue weighted by molar-refractivity contribution is 7.80. The fraction of sp³-hybridized carbons (Fsp3) is 0.222. The topological polar surface area (TPSA) is 59.6 Å². The van der Waals surface area contributed by atoms with Gasteiger partial charge in [-0.1, -0.05) is 6.07 Å². The van der Waals surface area contributed by atoms with Crippen molar-refractivity contribution in [2.45, 2.75) is 6.92 Å². The van der Waals surface area contributed by atoms with Gasteiger partial charge in [0.15, 0.2) is 5.11 Å². The van der Waals surface area contributed by atoms with Crippen LogP contribution in [0.3, 0.4) is 0 Å². The van der Waals surface area contributed by atoms with Crippen LogP contribution in [0.2, 0.25) is 0 Å². The molecule has 0 aliphatic heterocycles. The van der Waals surface area contributed by atoms with Gasteiger partial charge >= 0.3 is 0 Å². The van der Waals surface area contributed by atoms with Gasteiger partial charge in [0.2, 0.25) is 0 Å². The average Bonchev–Trinajstić information content (AvgIpc) is 2.61. The minimum absolute atomic E-state index is 0.124. The number of hydrogen-bond acceptors (Lipinski definition) is 4. The Labute approximate surface area is 151 Å². The number of thiocarbonyl (C=S) groups is 1. The predicted octanol–water partition coefficient (Wildman–Crippen LogP) is 3.37. The molecule has 1 amide bonds. The summed E-state index contributed by atoms with van der Waals surface area (Å²) in [7, 11) is 0. The molecule has 2 rings (SSSR count). The van der Waals surface area contributed by atoms with E-state index in [0.29, 0.717) is 36.8 Å². The molecule has 0 atom stereocenters. The van der Waals surface area contributed by atoms with E-state index in [4.69, 9.17) is 21.7 Å². The van der Waals surface area contributed by atoms with Crippen LogP contribution in [0.5, 0.6) is 5.75 Å². The molecule has 0 aliphatic carbocycles. The Morgan fingerprint density at radius 3 is 2.64 bits per heavy atom. The minimum Gasteiger partial charge on any atom is -0.491 e. The van der Waals surface area contributed by atoms with Gasteiger partial charge in [0.25, 0.3) is 5.91 Å². The van der Waals surface area contributed by atoms with Gasteiger partial charge in [-0.05, 0) is 61.6 Å². The summed E-state index contributed by atoms with van der Waals surface area (Å²) in [5.74, 6) is -0.138. The monoisotopic (exact) mass is 362 g/mol. The van der Waals surface area contributed by atoms with Crippen molar-refractivity contribution in [1.82, 2.24) is 5.32 Å². The SMILES string of the molecule is CCOCCOc1cccc(C(=O)NC(=S)Nc2ccc(F)cc2)c1. The van der Waals surface area contributed by atoms with Crippen molar-refractivity contribution in [2.24, 2.45) is 0 Å². The maximum absolute atomic E-state index is 12.9. The summed E-state index contributed by atoms with van der Waals surface area (Å²) in [6.45, 7) is 3.43. The number of benzene rings is 2. The molecule has 0 aromatic heterocycles. The third kappa shape index (κ3) is 6.48. The van der Waals surface area contributed by atoms with Gasteiger partial charge in [0.1, 0.15) is 18.2 Å². The van der Waals surface area contributed by atoms with E-state index in [-0.39, 0.29) is 16.8 Å². The lowest BCUT2D eigenvalue weighted by molar-refractivity contribution is 0.0976. The zero-order valence-electron chi connectivity index (χ0n) is 13.8. The van der Waals surface area contributed by atoms with Crippen LogP contribution in [0, 0.1) is 5.82 Å². The molecule has 132 valence electrons. The molecule has 0 fully saturated rings. The molecule has 0 spiro atoms. The van der Waals surface area contributed by atoms with E-state index in [9.17, 15) is 9.18 Å². The number of ether oxygens (including phenoxy) is 2. The van der Waals surface area contributed by atoms with E-state index in [0.717, 1.165) is 0 Å². The molecule has 0 heterocycles. The molecule has 0 aliphatic rings. The van der Waals surface area contributed by atoms with Crippen LogP contribution in [0.25, 0.3) is 0 Å². The molecule has 25 heavy (non-hydrogen) atoms.